The summed E-state index contributed by atoms with van der Waals surface area (Å²) >= 11 is 1.40. The first-order valence-electron chi connectivity index (χ1n) is 11.7. The Hall–Kier alpha value is -1.57. The summed E-state index contributed by atoms with van der Waals surface area (Å²) in [4.78, 5) is 22.9. The van der Waals surface area contributed by atoms with Gasteiger partial charge in [-0.1, -0.05) is 13.0 Å². The maximum absolute atomic E-state index is 11.5. The van der Waals surface area contributed by atoms with Crippen molar-refractivity contribution in [3.8, 4) is 0 Å². The number of ether oxygens (including phenoxy) is 3. The molecule has 1 aliphatic rings. The number of aliphatic hydroxyl groups excluding tert-OH is 2. The summed E-state index contributed by atoms with van der Waals surface area (Å²) in [6.45, 7) is 5.55. The minimum Gasteiger partial charge on any atom is -0.395 e. The van der Waals surface area contributed by atoms with Gasteiger partial charge in [0, 0.05) is 25.2 Å². The van der Waals surface area contributed by atoms with Crippen LogP contribution in [0.1, 0.15) is 46.0 Å². The van der Waals surface area contributed by atoms with Gasteiger partial charge in [-0.3, -0.25) is 9.59 Å². The summed E-state index contributed by atoms with van der Waals surface area (Å²) in [5.41, 5.74) is 7.24. The Morgan fingerprint density at radius 3 is 2.56 bits per heavy atom. The summed E-state index contributed by atoms with van der Waals surface area (Å²) in [5.74, 6) is -0.281. The molecular weight excluding hydrogens is 464 g/mol. The molecular formula is C22H40N4O7S. The molecule has 0 radical (unpaired) electrons. The van der Waals surface area contributed by atoms with E-state index in [1.807, 2.05) is 13.0 Å². The van der Waals surface area contributed by atoms with Gasteiger partial charge in [-0.2, -0.15) is 5.11 Å². The highest BCUT2D eigenvalue weighted by Gasteiger charge is 2.38. The molecule has 1 aliphatic heterocycles. The standard InChI is InChI=1S/C22H40N4O7S/c1-3-6-20(30)24-14-17(26-23)7-4-5-8-31-9-10-32-11-12-33-22-21(25-16(2)28)19(29)13-18(15-27)34-22/h7,18-19,21-23,27,29H,3-6,8-15H2,1-2H3,(H,24,30)(H,25,28)/b17-7-,26-23?/t18-,19-,21+,22+/m0/s1. The van der Waals surface area contributed by atoms with Gasteiger partial charge in [0.05, 0.1) is 57.4 Å². The highest BCUT2D eigenvalue weighted by molar-refractivity contribution is 8.00. The number of rotatable bonds is 18. The predicted molar refractivity (Wildman–Crippen MR) is 128 cm³/mol. The number of carbonyl (C=O) groups excluding carboxylic acids is 2. The van der Waals surface area contributed by atoms with Crippen LogP contribution in [-0.4, -0.2) is 91.0 Å². The maximum Gasteiger partial charge on any atom is 0.220 e. The molecule has 0 unspecified atom stereocenters. The Labute approximate surface area is 205 Å². The molecule has 5 N–H and O–H groups in total. The number of unbranched alkanes of at least 4 members (excludes halogenated alkanes) is 1. The Balaban J connectivity index is 2.12. The number of nitrogens with zero attached hydrogens (tertiary/aromatic N) is 1. The lowest BCUT2D eigenvalue weighted by atomic mass is 10.1. The number of allylic oxidation sites excluding steroid dienone is 1. The van der Waals surface area contributed by atoms with Crippen LogP contribution in [-0.2, 0) is 23.8 Å². The molecule has 1 saturated heterocycles. The minimum absolute atomic E-state index is 0.0391. The molecule has 11 nitrogen and oxygen atoms in total. The summed E-state index contributed by atoms with van der Waals surface area (Å²) in [7, 11) is 0. The van der Waals surface area contributed by atoms with Crippen molar-refractivity contribution in [1.29, 1.82) is 5.53 Å². The van der Waals surface area contributed by atoms with E-state index in [2.05, 4.69) is 15.7 Å². The van der Waals surface area contributed by atoms with Crippen molar-refractivity contribution in [2.24, 2.45) is 5.11 Å². The fourth-order valence-electron chi connectivity index (χ4n) is 3.25. The fourth-order valence-corrected chi connectivity index (χ4v) is 4.62. The van der Waals surface area contributed by atoms with Gasteiger partial charge in [-0.25, -0.2) is 5.53 Å². The Morgan fingerprint density at radius 2 is 1.91 bits per heavy atom. The highest BCUT2D eigenvalue weighted by atomic mass is 32.2. The molecule has 0 saturated carbocycles. The number of hydrogen-bond acceptors (Lipinski definition) is 10. The van der Waals surface area contributed by atoms with Crippen molar-refractivity contribution in [1.82, 2.24) is 10.6 Å². The van der Waals surface area contributed by atoms with Gasteiger partial charge in [0.1, 0.15) is 5.44 Å². The Kier molecular flexibility index (Phi) is 16.8. The van der Waals surface area contributed by atoms with Crippen LogP contribution in [0.3, 0.4) is 0 Å². The SMILES string of the molecule is CCCC(=O)NC/C(=C/CCCOCCOCCO[C@@H]1S[C@H](CO)C[C@H](O)[C@H]1NC(C)=O)N=N. The first-order valence-corrected chi connectivity index (χ1v) is 12.7. The molecule has 4 atom stereocenters. The summed E-state index contributed by atoms with van der Waals surface area (Å²) in [6.07, 6.45) is 4.16. The van der Waals surface area contributed by atoms with Crippen LogP contribution in [0.5, 0.6) is 0 Å². The summed E-state index contributed by atoms with van der Waals surface area (Å²) in [6, 6.07) is -0.529. The average Bonchev–Trinajstić information content (AvgIpc) is 2.81. The van der Waals surface area contributed by atoms with Crippen LogP contribution in [0.4, 0.5) is 0 Å². The van der Waals surface area contributed by atoms with Gasteiger partial charge in [0.25, 0.3) is 0 Å². The number of amides is 2. The van der Waals surface area contributed by atoms with E-state index in [1.165, 1.54) is 18.7 Å². The van der Waals surface area contributed by atoms with E-state index >= 15 is 0 Å². The molecule has 0 bridgehead atoms. The summed E-state index contributed by atoms with van der Waals surface area (Å²) < 4.78 is 16.8. The number of carbonyl (C=O) groups is 2. The van der Waals surface area contributed by atoms with E-state index in [-0.39, 0.29) is 36.8 Å². The number of nitrogens with one attached hydrogen (secondary N) is 3. The fraction of sp³-hybridized carbons (Fsp3) is 0.818. The zero-order chi connectivity index (χ0) is 25.2. The maximum atomic E-state index is 11.5. The molecule has 1 fully saturated rings. The average molecular weight is 505 g/mol. The highest BCUT2D eigenvalue weighted by Crippen LogP contribution is 2.33. The first kappa shape index (κ1) is 30.5. The molecule has 0 aromatic rings. The first-order chi connectivity index (χ1) is 16.4. The van der Waals surface area contributed by atoms with Gasteiger partial charge in [-0.05, 0) is 25.7 Å². The van der Waals surface area contributed by atoms with Crippen molar-refractivity contribution >= 4 is 23.6 Å². The van der Waals surface area contributed by atoms with Gasteiger partial charge in [0.15, 0.2) is 0 Å². The monoisotopic (exact) mass is 504 g/mol. The van der Waals surface area contributed by atoms with Crippen LogP contribution in [0, 0.1) is 5.53 Å². The molecule has 1 heterocycles. The molecule has 0 spiro atoms. The van der Waals surface area contributed by atoms with Crippen molar-refractivity contribution in [2.75, 3.05) is 46.2 Å². The van der Waals surface area contributed by atoms with Gasteiger partial charge in [0.2, 0.25) is 11.8 Å². The topological polar surface area (TPSA) is 163 Å². The third-order valence-electron chi connectivity index (χ3n) is 4.95. The van der Waals surface area contributed by atoms with E-state index in [0.717, 1.165) is 12.8 Å². The molecule has 34 heavy (non-hydrogen) atoms. The van der Waals surface area contributed by atoms with Crippen molar-refractivity contribution in [3.05, 3.63) is 11.8 Å². The van der Waals surface area contributed by atoms with Crippen LogP contribution >= 0.6 is 11.8 Å². The normalized spacial score (nSPS) is 22.9. The largest absolute Gasteiger partial charge is 0.395 e. The lowest BCUT2D eigenvalue weighted by Crippen LogP contribution is -2.54. The third kappa shape index (κ3) is 13.4. The molecule has 196 valence electrons. The van der Waals surface area contributed by atoms with E-state index in [9.17, 15) is 19.8 Å². The van der Waals surface area contributed by atoms with Gasteiger partial charge < -0.3 is 35.1 Å². The zero-order valence-electron chi connectivity index (χ0n) is 20.2. The number of hydrogen-bond donors (Lipinski definition) is 5. The van der Waals surface area contributed by atoms with Crippen molar-refractivity contribution < 1.29 is 34.0 Å². The lowest BCUT2D eigenvalue weighted by molar-refractivity contribution is -0.122. The van der Waals surface area contributed by atoms with Crippen LogP contribution in [0.2, 0.25) is 0 Å². The Morgan fingerprint density at radius 1 is 1.21 bits per heavy atom. The van der Waals surface area contributed by atoms with Crippen molar-refractivity contribution in [3.63, 3.8) is 0 Å². The number of aliphatic hydroxyl groups is 2. The summed E-state index contributed by atoms with van der Waals surface area (Å²) in [5, 5.41) is 28.4. The predicted octanol–water partition coefficient (Wildman–Crippen LogP) is 1.34. The van der Waals surface area contributed by atoms with Crippen LogP contribution in [0.25, 0.3) is 0 Å². The second-order valence-corrected chi connectivity index (χ2v) is 9.31. The molecule has 0 aliphatic carbocycles. The number of thioether (sulfide) groups is 1. The van der Waals surface area contributed by atoms with Crippen LogP contribution in [0.15, 0.2) is 16.9 Å². The Bertz CT molecular complexity index is 638. The molecule has 1 rings (SSSR count). The van der Waals surface area contributed by atoms with Crippen LogP contribution < -0.4 is 10.6 Å². The van der Waals surface area contributed by atoms with Gasteiger partial charge >= 0.3 is 0 Å². The molecule has 0 aromatic carbocycles. The quantitative estimate of drug-likeness (QED) is 0.138. The minimum atomic E-state index is -0.776. The van der Waals surface area contributed by atoms with Crippen molar-refractivity contribution in [2.45, 2.75) is 68.8 Å². The molecule has 0 aromatic heterocycles. The molecule has 12 heteroatoms. The lowest BCUT2D eigenvalue weighted by Gasteiger charge is -2.38. The van der Waals surface area contributed by atoms with E-state index in [0.29, 0.717) is 51.4 Å². The van der Waals surface area contributed by atoms with Gasteiger partial charge in [-0.15, -0.1) is 11.8 Å². The smallest absolute Gasteiger partial charge is 0.220 e. The zero-order valence-corrected chi connectivity index (χ0v) is 21.0. The molecule has 2 amide bonds. The van der Waals surface area contributed by atoms with E-state index in [1.54, 1.807) is 0 Å². The van der Waals surface area contributed by atoms with E-state index in [4.69, 9.17) is 19.7 Å². The third-order valence-corrected chi connectivity index (χ3v) is 6.38. The second-order valence-electron chi connectivity index (χ2n) is 7.91. The van der Waals surface area contributed by atoms with E-state index < -0.39 is 17.6 Å². The second kappa shape index (κ2) is 18.7.